The fraction of sp³-hybridized carbons (Fsp3) is 0.556. The second kappa shape index (κ2) is 6.01. The standard InChI is InChI=1S/C9H17N5/c1-2-12-9(10)13-4-3-6-14-7-5-11-8-14/h5,7-8H,2-4,6H2,1H3,(H3,10,12,13). The Morgan fingerprint density at radius 1 is 1.64 bits per heavy atom. The highest BCUT2D eigenvalue weighted by atomic mass is 15.1. The number of aliphatic imine (C=N–C) groups is 1. The monoisotopic (exact) mass is 195 g/mol. The van der Waals surface area contributed by atoms with Crippen molar-refractivity contribution >= 4 is 5.96 Å². The summed E-state index contributed by atoms with van der Waals surface area (Å²) in [7, 11) is 0. The molecule has 0 saturated carbocycles. The minimum absolute atomic E-state index is 0.526. The predicted octanol–water partition coefficient (Wildman–Crippen LogP) is 0.197. The Labute approximate surface area is 84.0 Å². The van der Waals surface area contributed by atoms with E-state index in [1.54, 1.807) is 12.5 Å². The van der Waals surface area contributed by atoms with Crippen molar-refractivity contribution in [1.29, 1.82) is 0 Å². The smallest absolute Gasteiger partial charge is 0.188 e. The largest absolute Gasteiger partial charge is 0.370 e. The van der Waals surface area contributed by atoms with Crippen LogP contribution in [0, 0.1) is 0 Å². The number of hydrogen-bond acceptors (Lipinski definition) is 2. The Morgan fingerprint density at radius 3 is 3.14 bits per heavy atom. The van der Waals surface area contributed by atoms with Crippen molar-refractivity contribution in [1.82, 2.24) is 14.9 Å². The number of guanidine groups is 1. The van der Waals surface area contributed by atoms with Crippen LogP contribution in [0.2, 0.25) is 0 Å². The zero-order chi connectivity index (χ0) is 10.2. The lowest BCUT2D eigenvalue weighted by atomic mass is 10.4. The third-order valence-corrected chi connectivity index (χ3v) is 1.77. The Bertz CT molecular complexity index is 265. The molecule has 1 heterocycles. The van der Waals surface area contributed by atoms with Gasteiger partial charge in [-0.2, -0.15) is 0 Å². The Morgan fingerprint density at radius 2 is 2.50 bits per heavy atom. The van der Waals surface area contributed by atoms with Crippen molar-refractivity contribution < 1.29 is 0 Å². The van der Waals surface area contributed by atoms with E-state index in [-0.39, 0.29) is 0 Å². The molecule has 1 rings (SSSR count). The highest BCUT2D eigenvalue weighted by Gasteiger charge is 1.90. The Hall–Kier alpha value is -1.52. The molecule has 0 saturated heterocycles. The van der Waals surface area contributed by atoms with E-state index in [9.17, 15) is 0 Å². The molecule has 0 aromatic carbocycles. The minimum atomic E-state index is 0.526. The van der Waals surface area contributed by atoms with Crippen molar-refractivity contribution in [3.8, 4) is 0 Å². The fourth-order valence-electron chi connectivity index (χ4n) is 1.11. The van der Waals surface area contributed by atoms with Crippen LogP contribution >= 0.6 is 0 Å². The van der Waals surface area contributed by atoms with Crippen LogP contribution in [-0.4, -0.2) is 28.6 Å². The molecule has 0 amide bonds. The normalized spacial score (nSPS) is 11.6. The van der Waals surface area contributed by atoms with Gasteiger partial charge >= 0.3 is 0 Å². The molecule has 78 valence electrons. The number of nitrogens with two attached hydrogens (primary N) is 1. The van der Waals surface area contributed by atoms with Gasteiger partial charge < -0.3 is 15.6 Å². The first-order valence-corrected chi connectivity index (χ1v) is 4.82. The molecule has 0 bridgehead atoms. The number of rotatable bonds is 5. The van der Waals surface area contributed by atoms with Gasteiger partial charge in [0.15, 0.2) is 5.96 Å². The van der Waals surface area contributed by atoms with E-state index < -0.39 is 0 Å². The van der Waals surface area contributed by atoms with Crippen LogP contribution in [0.1, 0.15) is 13.3 Å². The molecule has 0 fully saturated rings. The summed E-state index contributed by atoms with van der Waals surface area (Å²) < 4.78 is 2.03. The fourth-order valence-corrected chi connectivity index (χ4v) is 1.11. The number of aromatic nitrogens is 2. The summed E-state index contributed by atoms with van der Waals surface area (Å²) in [6.07, 6.45) is 6.49. The molecule has 5 nitrogen and oxygen atoms in total. The zero-order valence-electron chi connectivity index (χ0n) is 8.48. The van der Waals surface area contributed by atoms with Gasteiger partial charge in [-0.3, -0.25) is 4.99 Å². The van der Waals surface area contributed by atoms with Gasteiger partial charge in [0.25, 0.3) is 0 Å². The zero-order valence-corrected chi connectivity index (χ0v) is 8.48. The topological polar surface area (TPSA) is 68.2 Å². The van der Waals surface area contributed by atoms with Gasteiger partial charge in [-0.1, -0.05) is 0 Å². The molecule has 0 radical (unpaired) electrons. The number of aryl methyl sites for hydroxylation is 1. The lowest BCUT2D eigenvalue weighted by Crippen LogP contribution is -2.31. The van der Waals surface area contributed by atoms with Gasteiger partial charge in [0.2, 0.25) is 0 Å². The van der Waals surface area contributed by atoms with Gasteiger partial charge in [0, 0.05) is 32.0 Å². The minimum Gasteiger partial charge on any atom is -0.370 e. The number of imidazole rings is 1. The van der Waals surface area contributed by atoms with Crippen LogP contribution in [0.5, 0.6) is 0 Å². The molecule has 5 heteroatoms. The quantitative estimate of drug-likeness (QED) is 0.400. The first-order valence-electron chi connectivity index (χ1n) is 4.82. The molecule has 0 unspecified atom stereocenters. The molecule has 3 N–H and O–H groups in total. The maximum absolute atomic E-state index is 5.56. The molecule has 0 atom stereocenters. The van der Waals surface area contributed by atoms with Crippen LogP contribution in [0.25, 0.3) is 0 Å². The number of nitrogens with zero attached hydrogens (tertiary/aromatic N) is 3. The van der Waals surface area contributed by atoms with Crippen molar-refractivity contribution in [2.75, 3.05) is 13.1 Å². The average molecular weight is 195 g/mol. The lowest BCUT2D eigenvalue weighted by Gasteiger charge is -2.02. The third kappa shape index (κ3) is 3.93. The molecule has 0 aliphatic rings. The van der Waals surface area contributed by atoms with E-state index in [4.69, 9.17) is 5.73 Å². The Balaban J connectivity index is 2.13. The summed E-state index contributed by atoms with van der Waals surface area (Å²) in [5.74, 6) is 0.526. The molecule has 14 heavy (non-hydrogen) atoms. The second-order valence-corrected chi connectivity index (χ2v) is 2.95. The maximum Gasteiger partial charge on any atom is 0.188 e. The first kappa shape index (κ1) is 10.6. The van der Waals surface area contributed by atoms with Crippen molar-refractivity contribution in [3.05, 3.63) is 18.7 Å². The summed E-state index contributed by atoms with van der Waals surface area (Å²) in [4.78, 5) is 8.12. The summed E-state index contributed by atoms with van der Waals surface area (Å²) in [5, 5.41) is 2.95. The average Bonchev–Trinajstić information content (AvgIpc) is 2.65. The molecule has 0 aliphatic heterocycles. The van der Waals surface area contributed by atoms with Gasteiger partial charge in [0.05, 0.1) is 6.33 Å². The Kier molecular flexibility index (Phi) is 4.54. The number of hydrogen-bond donors (Lipinski definition) is 2. The SMILES string of the molecule is CCNC(N)=NCCCn1ccnc1. The van der Waals surface area contributed by atoms with Crippen molar-refractivity contribution in [3.63, 3.8) is 0 Å². The molecule has 1 aromatic rings. The van der Waals surface area contributed by atoms with Crippen LogP contribution in [0.4, 0.5) is 0 Å². The van der Waals surface area contributed by atoms with E-state index in [2.05, 4.69) is 15.3 Å². The van der Waals surface area contributed by atoms with Crippen LogP contribution in [0.3, 0.4) is 0 Å². The van der Waals surface area contributed by atoms with Gasteiger partial charge in [-0.25, -0.2) is 4.98 Å². The summed E-state index contributed by atoms with van der Waals surface area (Å²) in [6, 6.07) is 0. The summed E-state index contributed by atoms with van der Waals surface area (Å²) in [5.41, 5.74) is 5.56. The van der Waals surface area contributed by atoms with Crippen molar-refractivity contribution in [2.24, 2.45) is 10.7 Å². The van der Waals surface area contributed by atoms with E-state index in [0.717, 1.165) is 26.1 Å². The molecule has 0 spiro atoms. The van der Waals surface area contributed by atoms with Crippen LogP contribution in [0.15, 0.2) is 23.7 Å². The van der Waals surface area contributed by atoms with E-state index >= 15 is 0 Å². The van der Waals surface area contributed by atoms with Crippen LogP contribution in [-0.2, 0) is 6.54 Å². The third-order valence-electron chi connectivity index (χ3n) is 1.77. The summed E-state index contributed by atoms with van der Waals surface area (Å²) in [6.45, 7) is 4.49. The van der Waals surface area contributed by atoms with E-state index in [1.165, 1.54) is 0 Å². The molecule has 1 aromatic heterocycles. The van der Waals surface area contributed by atoms with Crippen LogP contribution < -0.4 is 11.1 Å². The molecular weight excluding hydrogens is 178 g/mol. The highest BCUT2D eigenvalue weighted by molar-refractivity contribution is 5.77. The second-order valence-electron chi connectivity index (χ2n) is 2.95. The summed E-state index contributed by atoms with van der Waals surface area (Å²) >= 11 is 0. The predicted molar refractivity (Wildman–Crippen MR) is 57.0 cm³/mol. The molecular formula is C9H17N5. The lowest BCUT2D eigenvalue weighted by molar-refractivity contribution is 0.649. The van der Waals surface area contributed by atoms with Gasteiger partial charge in [0.1, 0.15) is 0 Å². The van der Waals surface area contributed by atoms with E-state index in [1.807, 2.05) is 17.7 Å². The molecule has 0 aliphatic carbocycles. The first-order chi connectivity index (χ1) is 6.83. The number of nitrogens with one attached hydrogen (secondary N) is 1. The highest BCUT2D eigenvalue weighted by Crippen LogP contribution is 1.90. The van der Waals surface area contributed by atoms with Crippen molar-refractivity contribution in [2.45, 2.75) is 19.9 Å². The maximum atomic E-state index is 5.56. The van der Waals surface area contributed by atoms with Gasteiger partial charge in [-0.05, 0) is 13.3 Å². The van der Waals surface area contributed by atoms with E-state index in [0.29, 0.717) is 5.96 Å². The van der Waals surface area contributed by atoms with Gasteiger partial charge in [-0.15, -0.1) is 0 Å².